The van der Waals surface area contributed by atoms with Gasteiger partial charge in [-0.3, -0.25) is 0 Å². The zero-order valence-corrected chi connectivity index (χ0v) is 13.9. The Labute approximate surface area is 137 Å². The molecule has 1 aromatic carbocycles. The molecule has 2 fully saturated rings. The van der Waals surface area contributed by atoms with Crippen LogP contribution in [0, 0.1) is 23.6 Å². The molecule has 2 N–H and O–H groups in total. The summed E-state index contributed by atoms with van der Waals surface area (Å²) < 4.78 is 13.3. The van der Waals surface area contributed by atoms with E-state index >= 15 is 0 Å². The molecule has 0 radical (unpaired) electrons. The maximum Gasteiger partial charge on any atom is 0.164 e. The molecule has 0 amide bonds. The number of halogens is 2. The number of phenolic OH excluding ortho intramolecular Hbond substituents is 1. The van der Waals surface area contributed by atoms with E-state index in [0.29, 0.717) is 23.8 Å². The maximum absolute atomic E-state index is 13.3. The summed E-state index contributed by atoms with van der Waals surface area (Å²) in [6.07, 6.45) is 4.24. The number of aliphatic hydroxyl groups is 1. The average Bonchev–Trinajstić information content (AvgIpc) is 2.81. The van der Waals surface area contributed by atoms with E-state index in [1.165, 1.54) is 31.4 Å². The molecule has 0 saturated heterocycles. The lowest BCUT2D eigenvalue weighted by molar-refractivity contribution is -0.0892. The zero-order valence-electron chi connectivity index (χ0n) is 13.1. The smallest absolute Gasteiger partial charge is 0.164 e. The fraction of sp³-hybridized carbons (Fsp3) is 0.647. The Morgan fingerprint density at radius 1 is 1.32 bits per heavy atom. The van der Waals surface area contributed by atoms with Crippen LogP contribution in [0.2, 0.25) is 0 Å². The van der Waals surface area contributed by atoms with Gasteiger partial charge in [-0.1, -0.05) is 12.5 Å². The molecule has 124 valence electrons. The van der Waals surface area contributed by atoms with Gasteiger partial charge in [-0.25, -0.2) is 4.39 Å². The van der Waals surface area contributed by atoms with Crippen molar-refractivity contribution < 1.29 is 14.6 Å². The van der Waals surface area contributed by atoms with Crippen LogP contribution >= 0.6 is 12.4 Å². The van der Waals surface area contributed by atoms with E-state index in [1.54, 1.807) is 6.07 Å². The van der Waals surface area contributed by atoms with Gasteiger partial charge in [-0.2, -0.15) is 0 Å². The van der Waals surface area contributed by atoms with E-state index in [0.717, 1.165) is 6.54 Å². The highest BCUT2D eigenvalue weighted by atomic mass is 35.5. The predicted octanol–water partition coefficient (Wildman–Crippen LogP) is 3.14. The Morgan fingerprint density at radius 2 is 2.05 bits per heavy atom. The van der Waals surface area contributed by atoms with E-state index in [2.05, 4.69) is 4.90 Å². The number of benzene rings is 1. The summed E-state index contributed by atoms with van der Waals surface area (Å²) in [5.41, 5.74) is -0.302. The molecule has 4 unspecified atom stereocenters. The van der Waals surface area contributed by atoms with Crippen LogP contribution in [0.1, 0.15) is 31.2 Å². The summed E-state index contributed by atoms with van der Waals surface area (Å²) in [4.78, 5) is 2.11. The lowest BCUT2D eigenvalue weighted by Gasteiger charge is -2.45. The second kappa shape index (κ2) is 6.34. The van der Waals surface area contributed by atoms with Gasteiger partial charge in [0.2, 0.25) is 0 Å². The first-order valence-corrected chi connectivity index (χ1v) is 7.76. The van der Waals surface area contributed by atoms with Gasteiger partial charge in [-0.05, 0) is 62.9 Å². The first-order chi connectivity index (χ1) is 9.90. The molecule has 2 aliphatic carbocycles. The number of fused-ring (bicyclic) bond motifs is 2. The average molecular weight is 330 g/mol. The van der Waals surface area contributed by atoms with Crippen LogP contribution in [0.25, 0.3) is 0 Å². The normalized spacial score (nSPS) is 33.8. The lowest BCUT2D eigenvalue weighted by atomic mass is 9.66. The van der Waals surface area contributed by atoms with Crippen molar-refractivity contribution >= 4 is 12.4 Å². The van der Waals surface area contributed by atoms with Gasteiger partial charge in [-0.15, -0.1) is 12.4 Å². The van der Waals surface area contributed by atoms with E-state index in [-0.39, 0.29) is 24.1 Å². The molecular weight excluding hydrogens is 305 g/mol. The van der Waals surface area contributed by atoms with Crippen molar-refractivity contribution in [2.75, 3.05) is 20.6 Å². The molecule has 0 heterocycles. The summed E-state index contributed by atoms with van der Waals surface area (Å²) in [5.74, 6) is 0.192. The van der Waals surface area contributed by atoms with Crippen LogP contribution in [0.5, 0.6) is 5.75 Å². The third-order valence-electron chi connectivity index (χ3n) is 5.37. The van der Waals surface area contributed by atoms with Gasteiger partial charge in [0.1, 0.15) is 0 Å². The largest absolute Gasteiger partial charge is 0.505 e. The van der Waals surface area contributed by atoms with Gasteiger partial charge in [0.05, 0.1) is 5.60 Å². The van der Waals surface area contributed by atoms with Crippen molar-refractivity contribution in [1.29, 1.82) is 0 Å². The summed E-state index contributed by atoms with van der Waals surface area (Å²) in [6, 6.07) is 4.29. The van der Waals surface area contributed by atoms with E-state index < -0.39 is 11.4 Å². The van der Waals surface area contributed by atoms with Crippen molar-refractivity contribution in [2.45, 2.75) is 31.3 Å². The first-order valence-electron chi connectivity index (χ1n) is 7.76. The van der Waals surface area contributed by atoms with Gasteiger partial charge in [0.25, 0.3) is 0 Å². The molecule has 1 aromatic rings. The standard InChI is InChI=1S/C17H24FNO2.ClH/c1-19(2)10-14-12-4-3-11(7-12)9-17(14,21)13-5-6-15(18)16(20)8-13;/h5-6,8,11-12,14,20-21H,3-4,7,9-10H2,1-2H3;1H. The Balaban J connectivity index is 0.00000176. The second-order valence-electron chi connectivity index (χ2n) is 7.10. The summed E-state index contributed by atoms with van der Waals surface area (Å²) in [6.45, 7) is 0.812. The number of hydrogen-bond donors (Lipinski definition) is 2. The monoisotopic (exact) mass is 329 g/mol. The lowest BCUT2D eigenvalue weighted by Crippen LogP contribution is -2.47. The van der Waals surface area contributed by atoms with Crippen molar-refractivity contribution in [3.05, 3.63) is 29.6 Å². The van der Waals surface area contributed by atoms with E-state index in [1.807, 2.05) is 14.1 Å². The van der Waals surface area contributed by atoms with Crippen LogP contribution in [-0.4, -0.2) is 35.8 Å². The van der Waals surface area contributed by atoms with Gasteiger partial charge >= 0.3 is 0 Å². The van der Waals surface area contributed by atoms with Crippen LogP contribution in [0.4, 0.5) is 4.39 Å². The molecular formula is C17H25ClFNO2. The Hall–Kier alpha value is -0.840. The molecule has 0 spiro atoms. The molecule has 0 aromatic heterocycles. The van der Waals surface area contributed by atoms with Crippen molar-refractivity contribution in [3.63, 3.8) is 0 Å². The zero-order chi connectivity index (χ0) is 15.2. The van der Waals surface area contributed by atoms with Crippen LogP contribution in [-0.2, 0) is 5.60 Å². The van der Waals surface area contributed by atoms with E-state index in [9.17, 15) is 14.6 Å². The number of rotatable bonds is 3. The quantitative estimate of drug-likeness (QED) is 0.895. The van der Waals surface area contributed by atoms with E-state index in [4.69, 9.17) is 0 Å². The SMILES string of the molecule is CN(C)CC1C2CCC(C2)CC1(O)c1ccc(F)c(O)c1.Cl. The Kier molecular flexibility index (Phi) is 5.05. The highest BCUT2D eigenvalue weighted by Gasteiger charge is 2.51. The third kappa shape index (κ3) is 2.97. The third-order valence-corrected chi connectivity index (χ3v) is 5.37. The molecule has 3 nitrogen and oxygen atoms in total. The van der Waals surface area contributed by atoms with Gasteiger partial charge < -0.3 is 15.1 Å². The highest BCUT2D eigenvalue weighted by Crippen LogP contribution is 2.54. The summed E-state index contributed by atoms with van der Waals surface area (Å²) in [7, 11) is 4.03. The molecule has 0 aliphatic heterocycles. The fourth-order valence-electron chi connectivity index (χ4n) is 4.45. The fourth-order valence-corrected chi connectivity index (χ4v) is 4.45. The predicted molar refractivity (Wildman–Crippen MR) is 86.7 cm³/mol. The van der Waals surface area contributed by atoms with Crippen LogP contribution in [0.15, 0.2) is 18.2 Å². The molecule has 2 bridgehead atoms. The van der Waals surface area contributed by atoms with Crippen LogP contribution in [0.3, 0.4) is 0 Å². The molecule has 22 heavy (non-hydrogen) atoms. The van der Waals surface area contributed by atoms with Crippen molar-refractivity contribution in [3.8, 4) is 5.75 Å². The van der Waals surface area contributed by atoms with Crippen molar-refractivity contribution in [1.82, 2.24) is 4.90 Å². The van der Waals surface area contributed by atoms with Gasteiger partial charge in [0, 0.05) is 12.5 Å². The summed E-state index contributed by atoms with van der Waals surface area (Å²) in [5, 5.41) is 21.1. The topological polar surface area (TPSA) is 43.7 Å². The number of hydrogen-bond acceptors (Lipinski definition) is 3. The molecule has 5 heteroatoms. The Morgan fingerprint density at radius 3 is 2.68 bits per heavy atom. The number of nitrogens with zero attached hydrogens (tertiary/aromatic N) is 1. The molecule has 4 atom stereocenters. The maximum atomic E-state index is 13.3. The minimum Gasteiger partial charge on any atom is -0.505 e. The number of phenols is 1. The molecule has 3 rings (SSSR count). The second-order valence-corrected chi connectivity index (χ2v) is 7.10. The molecule has 2 saturated carbocycles. The van der Waals surface area contributed by atoms with Crippen molar-refractivity contribution in [2.24, 2.45) is 17.8 Å². The first kappa shape index (κ1) is 17.5. The minimum atomic E-state index is -0.959. The summed E-state index contributed by atoms with van der Waals surface area (Å²) >= 11 is 0. The van der Waals surface area contributed by atoms with Gasteiger partial charge in [0.15, 0.2) is 11.6 Å². The molecule has 2 aliphatic rings. The highest BCUT2D eigenvalue weighted by molar-refractivity contribution is 5.85. The van der Waals surface area contributed by atoms with Crippen LogP contribution < -0.4 is 0 Å². The Bertz CT molecular complexity index is 539. The minimum absolute atomic E-state index is 0. The number of aromatic hydroxyl groups is 1.